The van der Waals surface area contributed by atoms with Crippen molar-refractivity contribution >= 4 is 22.6 Å². The molecule has 0 unspecified atom stereocenters. The molecule has 1 aromatic heterocycles. The summed E-state index contributed by atoms with van der Waals surface area (Å²) in [5.74, 6) is -2.24. The molecule has 6 heteroatoms. The van der Waals surface area contributed by atoms with E-state index >= 15 is 0 Å². The van der Waals surface area contributed by atoms with E-state index in [1.807, 2.05) is 29.8 Å². The molecule has 4 nitrogen and oxygen atoms in total. The topological polar surface area (TPSA) is 46.9 Å². The molecular formula is C16H13F2N3O. The van der Waals surface area contributed by atoms with Crippen LogP contribution in [0.25, 0.3) is 11.0 Å². The maximum Gasteiger partial charge on any atom is 0.228 e. The van der Waals surface area contributed by atoms with Crippen LogP contribution in [-0.4, -0.2) is 15.5 Å². The number of nitrogens with zero attached hydrogens (tertiary/aromatic N) is 2. The Hall–Kier alpha value is -2.76. The van der Waals surface area contributed by atoms with Crippen molar-refractivity contribution in [2.45, 2.75) is 6.42 Å². The molecule has 0 saturated heterocycles. The number of hydrogen-bond donors (Lipinski definition) is 1. The predicted octanol–water partition coefficient (Wildman–Crippen LogP) is 3.03. The molecule has 3 rings (SSSR count). The summed E-state index contributed by atoms with van der Waals surface area (Å²) in [6.07, 6.45) is 1.83. The molecule has 0 aliphatic heterocycles. The van der Waals surface area contributed by atoms with Crippen molar-refractivity contribution in [2.75, 3.05) is 5.32 Å². The van der Waals surface area contributed by atoms with Gasteiger partial charge in [-0.05, 0) is 29.8 Å². The van der Waals surface area contributed by atoms with Gasteiger partial charge in [-0.15, -0.1) is 0 Å². The van der Waals surface area contributed by atoms with E-state index in [4.69, 9.17) is 0 Å². The summed E-state index contributed by atoms with van der Waals surface area (Å²) in [5.41, 5.74) is 2.81. The zero-order valence-electron chi connectivity index (χ0n) is 11.8. The molecule has 1 heterocycles. The Morgan fingerprint density at radius 3 is 2.77 bits per heavy atom. The molecule has 0 spiro atoms. The second-order valence-corrected chi connectivity index (χ2v) is 5.03. The zero-order chi connectivity index (χ0) is 15.7. The Bertz CT molecular complexity index is 858. The van der Waals surface area contributed by atoms with Crippen LogP contribution in [-0.2, 0) is 18.3 Å². The van der Waals surface area contributed by atoms with E-state index in [2.05, 4.69) is 10.3 Å². The van der Waals surface area contributed by atoms with Gasteiger partial charge in [-0.3, -0.25) is 4.79 Å². The number of imidazole rings is 1. The van der Waals surface area contributed by atoms with E-state index in [0.29, 0.717) is 0 Å². The molecule has 3 aromatic rings. The van der Waals surface area contributed by atoms with Crippen LogP contribution in [0.3, 0.4) is 0 Å². The summed E-state index contributed by atoms with van der Waals surface area (Å²) in [6.45, 7) is 0. The largest absolute Gasteiger partial charge is 0.334 e. The molecule has 1 amide bonds. The molecule has 2 aromatic carbocycles. The van der Waals surface area contributed by atoms with Crippen molar-refractivity contribution in [3.63, 3.8) is 0 Å². The van der Waals surface area contributed by atoms with Crippen molar-refractivity contribution in [1.29, 1.82) is 0 Å². The molecule has 0 saturated carbocycles. The number of halogens is 2. The predicted molar refractivity (Wildman–Crippen MR) is 79.4 cm³/mol. The summed E-state index contributed by atoms with van der Waals surface area (Å²) in [6, 6.07) is 8.82. The minimum Gasteiger partial charge on any atom is -0.334 e. The number of aromatic nitrogens is 2. The lowest BCUT2D eigenvalue weighted by Gasteiger charge is -2.06. The van der Waals surface area contributed by atoms with Crippen LogP contribution in [0.2, 0.25) is 0 Å². The summed E-state index contributed by atoms with van der Waals surface area (Å²) < 4.78 is 27.8. The normalized spacial score (nSPS) is 10.9. The van der Waals surface area contributed by atoms with Gasteiger partial charge in [0.1, 0.15) is 0 Å². The SMILES string of the molecule is Cn1cnc2cc(CC(=O)Nc3ccc(F)c(F)c3)ccc21. The lowest BCUT2D eigenvalue weighted by atomic mass is 10.1. The van der Waals surface area contributed by atoms with Gasteiger partial charge in [-0.2, -0.15) is 0 Å². The number of benzene rings is 2. The molecule has 0 atom stereocenters. The van der Waals surface area contributed by atoms with E-state index in [9.17, 15) is 13.6 Å². The molecule has 0 aliphatic rings. The Morgan fingerprint density at radius 2 is 2.00 bits per heavy atom. The van der Waals surface area contributed by atoms with Crippen LogP contribution in [0.4, 0.5) is 14.5 Å². The van der Waals surface area contributed by atoms with Gasteiger partial charge in [0, 0.05) is 18.8 Å². The van der Waals surface area contributed by atoms with Crippen LogP contribution in [0.1, 0.15) is 5.56 Å². The summed E-state index contributed by atoms with van der Waals surface area (Å²) in [5, 5.41) is 2.54. The smallest absolute Gasteiger partial charge is 0.228 e. The first kappa shape index (κ1) is 14.2. The lowest BCUT2D eigenvalue weighted by Crippen LogP contribution is -2.14. The van der Waals surface area contributed by atoms with Crippen LogP contribution < -0.4 is 5.32 Å². The molecule has 112 valence electrons. The quantitative estimate of drug-likeness (QED) is 0.808. The van der Waals surface area contributed by atoms with Gasteiger partial charge >= 0.3 is 0 Å². The third kappa shape index (κ3) is 2.81. The van der Waals surface area contributed by atoms with E-state index < -0.39 is 11.6 Å². The first-order valence-electron chi connectivity index (χ1n) is 6.68. The van der Waals surface area contributed by atoms with Crippen LogP contribution >= 0.6 is 0 Å². The highest BCUT2D eigenvalue weighted by atomic mass is 19.2. The van der Waals surface area contributed by atoms with Crippen molar-refractivity contribution in [1.82, 2.24) is 9.55 Å². The Morgan fingerprint density at radius 1 is 1.18 bits per heavy atom. The number of anilines is 1. The molecule has 0 fully saturated rings. The highest BCUT2D eigenvalue weighted by Crippen LogP contribution is 2.16. The standard InChI is InChI=1S/C16H13F2N3O/c1-21-9-19-14-6-10(2-5-15(14)21)7-16(22)20-11-3-4-12(17)13(18)8-11/h2-6,8-9H,7H2,1H3,(H,20,22). The average Bonchev–Trinajstić information content (AvgIpc) is 2.84. The maximum absolute atomic E-state index is 13.1. The number of nitrogens with one attached hydrogen (secondary N) is 1. The molecule has 0 bridgehead atoms. The minimum absolute atomic E-state index is 0.130. The number of amides is 1. The first-order valence-corrected chi connectivity index (χ1v) is 6.68. The second kappa shape index (κ2) is 5.55. The fraction of sp³-hybridized carbons (Fsp3) is 0.125. The molecule has 1 N–H and O–H groups in total. The van der Waals surface area contributed by atoms with Gasteiger partial charge in [0.15, 0.2) is 11.6 Å². The number of carbonyl (C=O) groups is 1. The Labute approximate surface area is 125 Å². The molecule has 22 heavy (non-hydrogen) atoms. The van der Waals surface area contributed by atoms with Gasteiger partial charge < -0.3 is 9.88 Å². The molecule has 0 aliphatic carbocycles. The second-order valence-electron chi connectivity index (χ2n) is 5.03. The Balaban J connectivity index is 1.73. The fourth-order valence-electron chi connectivity index (χ4n) is 2.26. The van der Waals surface area contributed by atoms with Gasteiger partial charge in [-0.25, -0.2) is 13.8 Å². The number of rotatable bonds is 3. The van der Waals surface area contributed by atoms with Crippen molar-refractivity contribution in [3.05, 3.63) is 59.9 Å². The monoisotopic (exact) mass is 301 g/mol. The number of hydrogen-bond acceptors (Lipinski definition) is 2. The third-order valence-electron chi connectivity index (χ3n) is 3.36. The summed E-state index contributed by atoms with van der Waals surface area (Å²) in [4.78, 5) is 16.2. The van der Waals surface area contributed by atoms with Gasteiger partial charge in [-0.1, -0.05) is 6.07 Å². The minimum atomic E-state index is -0.993. The first-order chi connectivity index (χ1) is 10.5. The van der Waals surface area contributed by atoms with Crippen LogP contribution in [0.5, 0.6) is 0 Å². The third-order valence-corrected chi connectivity index (χ3v) is 3.36. The maximum atomic E-state index is 13.1. The molecule has 0 radical (unpaired) electrons. The van der Waals surface area contributed by atoms with E-state index in [-0.39, 0.29) is 18.0 Å². The molecular weight excluding hydrogens is 288 g/mol. The Kier molecular flexibility index (Phi) is 3.58. The van der Waals surface area contributed by atoms with Crippen molar-refractivity contribution in [2.24, 2.45) is 7.05 Å². The van der Waals surface area contributed by atoms with Gasteiger partial charge in [0.2, 0.25) is 5.91 Å². The van der Waals surface area contributed by atoms with E-state index in [1.54, 1.807) is 6.33 Å². The highest BCUT2D eigenvalue weighted by Gasteiger charge is 2.08. The zero-order valence-corrected chi connectivity index (χ0v) is 11.8. The summed E-state index contributed by atoms with van der Waals surface area (Å²) in [7, 11) is 1.89. The number of carbonyl (C=O) groups excluding carboxylic acids is 1. The number of aryl methyl sites for hydroxylation is 1. The van der Waals surface area contributed by atoms with E-state index in [0.717, 1.165) is 28.7 Å². The highest BCUT2D eigenvalue weighted by molar-refractivity contribution is 5.92. The summed E-state index contributed by atoms with van der Waals surface area (Å²) >= 11 is 0. The van der Waals surface area contributed by atoms with Crippen LogP contribution in [0, 0.1) is 11.6 Å². The van der Waals surface area contributed by atoms with Gasteiger partial charge in [0.25, 0.3) is 0 Å². The number of fused-ring (bicyclic) bond motifs is 1. The van der Waals surface area contributed by atoms with Gasteiger partial charge in [0.05, 0.1) is 23.8 Å². The van der Waals surface area contributed by atoms with Crippen LogP contribution in [0.15, 0.2) is 42.7 Å². The lowest BCUT2D eigenvalue weighted by molar-refractivity contribution is -0.115. The average molecular weight is 301 g/mol. The fourth-order valence-corrected chi connectivity index (χ4v) is 2.26. The van der Waals surface area contributed by atoms with Crippen molar-refractivity contribution in [3.8, 4) is 0 Å². The van der Waals surface area contributed by atoms with E-state index in [1.165, 1.54) is 6.07 Å². The van der Waals surface area contributed by atoms with Crippen molar-refractivity contribution < 1.29 is 13.6 Å².